The van der Waals surface area contributed by atoms with Gasteiger partial charge in [0.05, 0.1) is 12.2 Å². The summed E-state index contributed by atoms with van der Waals surface area (Å²) in [6.07, 6.45) is 5.69. The number of ether oxygens (including phenoxy) is 1. The van der Waals surface area contributed by atoms with Crippen LogP contribution in [0, 0.1) is 0 Å². The van der Waals surface area contributed by atoms with Crippen LogP contribution in [0.2, 0.25) is 0 Å². The minimum absolute atomic E-state index is 0.0590. The third kappa shape index (κ3) is 3.55. The number of amides is 1. The SMILES string of the molecule is CCOc1ccccc1C(=O)N1CCCC1C1NNCC1c1ccncc1. The second-order valence-corrected chi connectivity index (χ2v) is 7.08. The Balaban J connectivity index is 1.58. The molecule has 1 aromatic carbocycles. The van der Waals surface area contributed by atoms with E-state index in [9.17, 15) is 4.79 Å². The van der Waals surface area contributed by atoms with Gasteiger partial charge in [-0.2, -0.15) is 0 Å². The summed E-state index contributed by atoms with van der Waals surface area (Å²) in [5, 5.41) is 0. The Bertz CT molecular complexity index is 783. The number of hydrogen-bond donors (Lipinski definition) is 2. The highest BCUT2D eigenvalue weighted by Crippen LogP contribution is 2.33. The number of carbonyl (C=O) groups is 1. The predicted octanol–water partition coefficient (Wildman–Crippen LogP) is 2.35. The summed E-state index contributed by atoms with van der Waals surface area (Å²) in [4.78, 5) is 19.5. The van der Waals surface area contributed by atoms with Gasteiger partial charge in [-0.15, -0.1) is 0 Å². The molecule has 2 fully saturated rings. The van der Waals surface area contributed by atoms with E-state index in [-0.39, 0.29) is 18.0 Å². The summed E-state index contributed by atoms with van der Waals surface area (Å²) in [5.41, 5.74) is 8.63. The van der Waals surface area contributed by atoms with Gasteiger partial charge >= 0.3 is 0 Å². The first kappa shape index (κ1) is 17.9. The minimum Gasteiger partial charge on any atom is -0.493 e. The lowest BCUT2D eigenvalue weighted by Crippen LogP contribution is -2.49. The molecule has 0 aliphatic carbocycles. The summed E-state index contributed by atoms with van der Waals surface area (Å²) in [6.45, 7) is 4.12. The second kappa shape index (κ2) is 8.06. The van der Waals surface area contributed by atoms with Crippen LogP contribution in [-0.2, 0) is 0 Å². The zero-order valence-electron chi connectivity index (χ0n) is 15.6. The maximum Gasteiger partial charge on any atom is 0.257 e. The van der Waals surface area contributed by atoms with Gasteiger partial charge in [0, 0.05) is 43.5 Å². The molecule has 2 aliphatic rings. The number of aromatic nitrogens is 1. The normalized spacial score (nSPS) is 24.9. The van der Waals surface area contributed by atoms with Crippen LogP contribution in [0.5, 0.6) is 5.75 Å². The molecule has 2 aliphatic heterocycles. The molecule has 1 aromatic heterocycles. The predicted molar refractivity (Wildman–Crippen MR) is 104 cm³/mol. The largest absolute Gasteiger partial charge is 0.493 e. The Kier molecular flexibility index (Phi) is 5.36. The average molecular weight is 366 g/mol. The van der Waals surface area contributed by atoms with E-state index in [1.807, 2.05) is 48.5 Å². The molecular weight excluding hydrogens is 340 g/mol. The highest BCUT2D eigenvalue weighted by atomic mass is 16.5. The highest BCUT2D eigenvalue weighted by molar-refractivity contribution is 5.97. The average Bonchev–Trinajstić information content (AvgIpc) is 3.38. The smallest absolute Gasteiger partial charge is 0.257 e. The van der Waals surface area contributed by atoms with E-state index in [2.05, 4.69) is 28.0 Å². The summed E-state index contributed by atoms with van der Waals surface area (Å²) >= 11 is 0. The molecule has 0 saturated carbocycles. The van der Waals surface area contributed by atoms with E-state index in [0.717, 1.165) is 25.9 Å². The lowest BCUT2D eigenvalue weighted by Gasteiger charge is -2.32. The fourth-order valence-corrected chi connectivity index (χ4v) is 4.31. The number of hydrazine groups is 1. The van der Waals surface area contributed by atoms with Gasteiger partial charge in [0.15, 0.2) is 0 Å². The van der Waals surface area contributed by atoms with Crippen molar-refractivity contribution in [2.45, 2.75) is 37.8 Å². The minimum atomic E-state index is 0.0590. The first-order valence-electron chi connectivity index (χ1n) is 9.70. The number of rotatable bonds is 5. The van der Waals surface area contributed by atoms with Crippen molar-refractivity contribution >= 4 is 5.91 Å². The van der Waals surface area contributed by atoms with Crippen molar-refractivity contribution in [3.05, 3.63) is 59.9 Å². The Morgan fingerprint density at radius 3 is 2.89 bits per heavy atom. The van der Waals surface area contributed by atoms with Crippen LogP contribution in [0.4, 0.5) is 0 Å². The number of nitrogens with zero attached hydrogens (tertiary/aromatic N) is 2. The summed E-state index contributed by atoms with van der Waals surface area (Å²) < 4.78 is 5.69. The lowest BCUT2D eigenvalue weighted by molar-refractivity contribution is 0.0700. The Labute approximate surface area is 159 Å². The van der Waals surface area contributed by atoms with Gasteiger partial charge in [-0.25, -0.2) is 0 Å². The van der Waals surface area contributed by atoms with Crippen LogP contribution in [0.15, 0.2) is 48.8 Å². The number of hydrogen-bond acceptors (Lipinski definition) is 5. The number of pyridine rings is 1. The van der Waals surface area contributed by atoms with Crippen molar-refractivity contribution in [1.29, 1.82) is 0 Å². The Morgan fingerprint density at radius 1 is 1.26 bits per heavy atom. The van der Waals surface area contributed by atoms with Crippen molar-refractivity contribution < 1.29 is 9.53 Å². The number of para-hydroxylation sites is 1. The van der Waals surface area contributed by atoms with E-state index < -0.39 is 0 Å². The second-order valence-electron chi connectivity index (χ2n) is 7.08. The molecule has 2 aromatic rings. The molecule has 142 valence electrons. The van der Waals surface area contributed by atoms with Gasteiger partial charge < -0.3 is 9.64 Å². The molecule has 1 amide bonds. The molecule has 2 saturated heterocycles. The fraction of sp³-hybridized carbons (Fsp3) is 0.429. The molecule has 6 nitrogen and oxygen atoms in total. The molecule has 3 atom stereocenters. The number of likely N-dealkylation sites (tertiary alicyclic amines) is 1. The van der Waals surface area contributed by atoms with E-state index >= 15 is 0 Å². The van der Waals surface area contributed by atoms with Crippen molar-refractivity contribution in [2.75, 3.05) is 19.7 Å². The summed E-state index contributed by atoms with van der Waals surface area (Å²) in [5.74, 6) is 1.04. The molecule has 2 N–H and O–H groups in total. The van der Waals surface area contributed by atoms with Gasteiger partial charge in [0.25, 0.3) is 5.91 Å². The molecule has 27 heavy (non-hydrogen) atoms. The quantitative estimate of drug-likeness (QED) is 0.850. The van der Waals surface area contributed by atoms with Crippen molar-refractivity contribution in [1.82, 2.24) is 20.7 Å². The lowest BCUT2D eigenvalue weighted by atomic mass is 9.88. The van der Waals surface area contributed by atoms with Crippen LogP contribution in [0.1, 0.15) is 41.6 Å². The van der Waals surface area contributed by atoms with Crippen LogP contribution in [0.3, 0.4) is 0 Å². The molecule has 0 bridgehead atoms. The molecule has 4 rings (SSSR count). The first-order valence-corrected chi connectivity index (χ1v) is 9.70. The van der Waals surface area contributed by atoms with E-state index in [1.165, 1.54) is 5.56 Å². The standard InChI is InChI=1S/C21H26N4O2/c1-2-27-19-8-4-3-6-16(19)21(26)25-13-5-7-18(25)20-17(14-23-24-20)15-9-11-22-12-10-15/h3-4,6,8-12,17-18,20,23-24H,2,5,7,13-14H2,1H3. The third-order valence-corrected chi connectivity index (χ3v) is 5.55. The van der Waals surface area contributed by atoms with Crippen LogP contribution in [-0.4, -0.2) is 47.6 Å². The molecule has 0 radical (unpaired) electrons. The zero-order valence-corrected chi connectivity index (χ0v) is 15.6. The van der Waals surface area contributed by atoms with Gasteiger partial charge in [0.1, 0.15) is 5.75 Å². The maximum absolute atomic E-state index is 13.3. The Hall–Kier alpha value is -2.44. The van der Waals surface area contributed by atoms with Crippen LogP contribution < -0.4 is 15.6 Å². The topological polar surface area (TPSA) is 66.5 Å². The molecule has 6 heteroatoms. The van der Waals surface area contributed by atoms with E-state index in [1.54, 1.807) is 0 Å². The van der Waals surface area contributed by atoms with Gasteiger partial charge in [-0.3, -0.25) is 20.6 Å². The summed E-state index contributed by atoms with van der Waals surface area (Å²) in [6, 6.07) is 12.0. The van der Waals surface area contributed by atoms with Crippen molar-refractivity contribution in [3.8, 4) is 5.75 Å². The highest BCUT2D eigenvalue weighted by Gasteiger charge is 2.42. The molecule has 3 heterocycles. The third-order valence-electron chi connectivity index (χ3n) is 5.55. The van der Waals surface area contributed by atoms with Gasteiger partial charge in [0.2, 0.25) is 0 Å². The van der Waals surface area contributed by atoms with E-state index in [4.69, 9.17) is 4.74 Å². The first-order chi connectivity index (χ1) is 13.3. The van der Waals surface area contributed by atoms with Gasteiger partial charge in [-0.1, -0.05) is 12.1 Å². The molecule has 0 spiro atoms. The number of benzene rings is 1. The monoisotopic (exact) mass is 366 g/mol. The summed E-state index contributed by atoms with van der Waals surface area (Å²) in [7, 11) is 0. The van der Waals surface area contributed by atoms with Crippen LogP contribution >= 0.6 is 0 Å². The van der Waals surface area contributed by atoms with E-state index in [0.29, 0.717) is 23.8 Å². The van der Waals surface area contributed by atoms with Crippen molar-refractivity contribution in [2.24, 2.45) is 0 Å². The molecular formula is C21H26N4O2. The number of carbonyl (C=O) groups excluding carboxylic acids is 1. The number of nitrogens with one attached hydrogen (secondary N) is 2. The zero-order chi connectivity index (χ0) is 18.6. The Morgan fingerprint density at radius 2 is 2.07 bits per heavy atom. The van der Waals surface area contributed by atoms with Crippen molar-refractivity contribution in [3.63, 3.8) is 0 Å². The van der Waals surface area contributed by atoms with Crippen LogP contribution in [0.25, 0.3) is 0 Å². The molecule has 3 unspecified atom stereocenters. The fourth-order valence-electron chi connectivity index (χ4n) is 4.31. The van der Waals surface area contributed by atoms with Gasteiger partial charge in [-0.05, 0) is 49.6 Å². The maximum atomic E-state index is 13.3.